The van der Waals surface area contributed by atoms with Crippen molar-refractivity contribution in [3.05, 3.63) is 0 Å². The predicted molar refractivity (Wildman–Crippen MR) is 56.3 cm³/mol. The largest absolute Gasteiger partial charge is 0.406 e. The maximum Gasteiger partial charge on any atom is 0.406 e. The van der Waals surface area contributed by atoms with E-state index in [4.69, 9.17) is 0 Å². The second-order valence-corrected chi connectivity index (χ2v) is 5.18. The van der Waals surface area contributed by atoms with E-state index in [1.165, 1.54) is 7.05 Å². The molecule has 0 radical (unpaired) electrons. The molecule has 2 rings (SSSR count). The van der Waals surface area contributed by atoms with E-state index in [0.717, 1.165) is 37.3 Å². The molecule has 1 aliphatic carbocycles. The van der Waals surface area contributed by atoms with Gasteiger partial charge in [0.05, 0.1) is 0 Å². The Labute approximate surface area is 98.3 Å². The van der Waals surface area contributed by atoms with E-state index < -0.39 is 12.7 Å². The Balaban J connectivity index is 1.89. The van der Waals surface area contributed by atoms with Crippen LogP contribution in [0.25, 0.3) is 0 Å². The fourth-order valence-corrected chi connectivity index (χ4v) is 2.79. The molecular weight excluding hydrogens is 233 g/mol. The first-order valence-corrected chi connectivity index (χ1v) is 5.87. The fourth-order valence-electron chi connectivity index (χ4n) is 2.79. The van der Waals surface area contributed by atoms with Gasteiger partial charge in [-0.1, -0.05) is 0 Å². The molecule has 0 aromatic rings. The van der Waals surface area contributed by atoms with Gasteiger partial charge in [-0.15, -0.1) is 0 Å². The van der Waals surface area contributed by atoms with Crippen LogP contribution in [0.4, 0.5) is 13.2 Å². The Morgan fingerprint density at radius 3 is 2.53 bits per heavy atom. The molecule has 6 heteroatoms. The highest BCUT2D eigenvalue weighted by molar-refractivity contribution is 5.82. The van der Waals surface area contributed by atoms with Gasteiger partial charge in [-0.3, -0.25) is 4.79 Å². The van der Waals surface area contributed by atoms with Gasteiger partial charge in [0.2, 0.25) is 5.91 Å². The highest BCUT2D eigenvalue weighted by Crippen LogP contribution is 2.59. The Morgan fingerprint density at radius 2 is 2.00 bits per heavy atom. The van der Waals surface area contributed by atoms with Crippen molar-refractivity contribution in [1.82, 2.24) is 10.2 Å². The van der Waals surface area contributed by atoms with Gasteiger partial charge in [0.1, 0.15) is 6.54 Å². The first kappa shape index (κ1) is 12.7. The average molecular weight is 250 g/mol. The van der Waals surface area contributed by atoms with Gasteiger partial charge >= 0.3 is 6.18 Å². The minimum Gasteiger partial charge on any atom is -0.336 e. The van der Waals surface area contributed by atoms with Crippen molar-refractivity contribution in [2.45, 2.75) is 25.4 Å². The van der Waals surface area contributed by atoms with E-state index in [-0.39, 0.29) is 17.2 Å². The summed E-state index contributed by atoms with van der Waals surface area (Å²) < 4.78 is 36.5. The Hall–Kier alpha value is -0.780. The second kappa shape index (κ2) is 4.15. The molecule has 2 fully saturated rings. The van der Waals surface area contributed by atoms with E-state index in [0.29, 0.717) is 0 Å². The van der Waals surface area contributed by atoms with Gasteiger partial charge in [0.25, 0.3) is 0 Å². The monoisotopic (exact) mass is 250 g/mol. The standard InChI is InChI=1S/C11H17F3N2O/c1-16(7-11(12,13)14)9(17)8-6-10(8)2-4-15-5-3-10/h8,15H,2-7H2,1H3/t8-/m0/s1. The summed E-state index contributed by atoms with van der Waals surface area (Å²) in [4.78, 5) is 12.7. The van der Waals surface area contributed by atoms with E-state index in [2.05, 4.69) is 5.32 Å². The first-order chi connectivity index (χ1) is 7.84. The highest BCUT2D eigenvalue weighted by Gasteiger charge is 2.58. The summed E-state index contributed by atoms with van der Waals surface area (Å²) in [5.41, 5.74) is 0.00217. The van der Waals surface area contributed by atoms with Crippen molar-refractivity contribution >= 4 is 5.91 Å². The van der Waals surface area contributed by atoms with Gasteiger partial charge in [0, 0.05) is 13.0 Å². The normalized spacial score (nSPS) is 26.9. The summed E-state index contributed by atoms with van der Waals surface area (Å²) in [5.74, 6) is -0.527. The van der Waals surface area contributed by atoms with E-state index in [9.17, 15) is 18.0 Å². The zero-order chi connectivity index (χ0) is 12.7. The zero-order valence-corrected chi connectivity index (χ0v) is 9.81. The lowest BCUT2D eigenvalue weighted by molar-refractivity contribution is -0.159. The highest BCUT2D eigenvalue weighted by atomic mass is 19.4. The molecule has 1 spiro atoms. The Bertz CT molecular complexity index is 310. The summed E-state index contributed by atoms with van der Waals surface area (Å²) in [5, 5.41) is 3.20. The molecule has 1 aliphatic heterocycles. The lowest BCUT2D eigenvalue weighted by Gasteiger charge is -2.25. The van der Waals surface area contributed by atoms with E-state index >= 15 is 0 Å². The summed E-state index contributed by atoms with van der Waals surface area (Å²) in [6.45, 7) is 0.593. The number of nitrogens with zero attached hydrogens (tertiary/aromatic N) is 1. The molecule has 3 nitrogen and oxygen atoms in total. The average Bonchev–Trinajstić information content (AvgIpc) is 2.89. The Kier molecular flexibility index (Phi) is 3.10. The molecule has 0 aromatic heterocycles. The van der Waals surface area contributed by atoms with Crippen LogP contribution in [0.5, 0.6) is 0 Å². The molecule has 0 unspecified atom stereocenters. The van der Waals surface area contributed by atoms with E-state index in [1.807, 2.05) is 0 Å². The number of hydrogen-bond acceptors (Lipinski definition) is 2. The smallest absolute Gasteiger partial charge is 0.336 e. The quantitative estimate of drug-likeness (QED) is 0.803. The number of rotatable bonds is 2. The first-order valence-electron chi connectivity index (χ1n) is 5.87. The van der Waals surface area contributed by atoms with Gasteiger partial charge < -0.3 is 10.2 Å². The number of carbonyl (C=O) groups is 1. The second-order valence-electron chi connectivity index (χ2n) is 5.18. The number of piperidine rings is 1. The minimum absolute atomic E-state index is 0.00217. The number of halogens is 3. The predicted octanol–water partition coefficient (Wildman–Crippen LogP) is 1.40. The van der Waals surface area contributed by atoms with Crippen LogP contribution in [0.3, 0.4) is 0 Å². The summed E-state index contributed by atoms with van der Waals surface area (Å²) in [6.07, 6.45) is -1.73. The molecule has 1 atom stereocenters. The third kappa shape index (κ3) is 2.73. The molecule has 1 N–H and O–H groups in total. The molecule has 1 saturated heterocycles. The van der Waals surface area contributed by atoms with Crippen molar-refractivity contribution in [2.75, 3.05) is 26.7 Å². The van der Waals surface area contributed by atoms with Gasteiger partial charge in [-0.25, -0.2) is 0 Å². The van der Waals surface area contributed by atoms with E-state index in [1.54, 1.807) is 0 Å². The van der Waals surface area contributed by atoms with Crippen molar-refractivity contribution in [3.8, 4) is 0 Å². The lowest BCUT2D eigenvalue weighted by Crippen LogP contribution is -2.39. The van der Waals surface area contributed by atoms with Crippen LogP contribution in [-0.2, 0) is 4.79 Å². The number of amides is 1. The molecule has 1 amide bonds. The van der Waals surface area contributed by atoms with Crippen LogP contribution in [0, 0.1) is 11.3 Å². The van der Waals surface area contributed by atoms with Crippen molar-refractivity contribution < 1.29 is 18.0 Å². The van der Waals surface area contributed by atoms with Crippen LogP contribution >= 0.6 is 0 Å². The molecule has 98 valence electrons. The van der Waals surface area contributed by atoms with Gasteiger partial charge in [-0.05, 0) is 37.8 Å². The molecular formula is C11H17F3N2O. The van der Waals surface area contributed by atoms with Crippen LogP contribution < -0.4 is 5.32 Å². The van der Waals surface area contributed by atoms with Crippen LogP contribution in [0.1, 0.15) is 19.3 Å². The molecule has 2 aliphatic rings. The van der Waals surface area contributed by atoms with Crippen LogP contribution in [0.15, 0.2) is 0 Å². The molecule has 1 heterocycles. The number of hydrogen-bond donors (Lipinski definition) is 1. The SMILES string of the molecule is CN(CC(F)(F)F)C(=O)[C@@H]1CC12CCNCC2. The maximum atomic E-state index is 12.2. The number of alkyl halides is 3. The van der Waals surface area contributed by atoms with Crippen molar-refractivity contribution in [3.63, 3.8) is 0 Å². The minimum atomic E-state index is -4.30. The zero-order valence-electron chi connectivity index (χ0n) is 9.81. The maximum absolute atomic E-state index is 12.2. The van der Waals surface area contributed by atoms with Gasteiger partial charge in [0.15, 0.2) is 0 Å². The molecule has 0 bridgehead atoms. The lowest BCUT2D eigenvalue weighted by atomic mass is 9.91. The fraction of sp³-hybridized carbons (Fsp3) is 0.909. The number of nitrogens with one attached hydrogen (secondary N) is 1. The molecule has 17 heavy (non-hydrogen) atoms. The summed E-state index contributed by atoms with van der Waals surface area (Å²) >= 11 is 0. The van der Waals surface area contributed by atoms with Crippen LogP contribution in [-0.4, -0.2) is 43.7 Å². The third-order valence-corrected chi connectivity index (χ3v) is 3.88. The topological polar surface area (TPSA) is 32.3 Å². The molecule has 1 saturated carbocycles. The van der Waals surface area contributed by atoms with Crippen molar-refractivity contribution in [1.29, 1.82) is 0 Å². The van der Waals surface area contributed by atoms with Crippen molar-refractivity contribution in [2.24, 2.45) is 11.3 Å². The summed E-state index contributed by atoms with van der Waals surface area (Å²) in [7, 11) is 1.24. The van der Waals surface area contributed by atoms with Gasteiger partial charge in [-0.2, -0.15) is 13.2 Å². The summed E-state index contributed by atoms with van der Waals surface area (Å²) in [6, 6.07) is 0. The molecule has 0 aromatic carbocycles. The third-order valence-electron chi connectivity index (χ3n) is 3.88. The Morgan fingerprint density at radius 1 is 1.41 bits per heavy atom. The number of carbonyl (C=O) groups excluding carboxylic acids is 1. The van der Waals surface area contributed by atoms with Crippen LogP contribution in [0.2, 0.25) is 0 Å².